The van der Waals surface area contributed by atoms with E-state index in [0.29, 0.717) is 11.3 Å². The molecule has 0 aliphatic rings. The topological polar surface area (TPSA) is 42.4 Å². The van der Waals surface area contributed by atoms with Crippen LogP contribution in [0.5, 0.6) is 0 Å². The molecule has 0 amide bonds. The highest BCUT2D eigenvalue weighted by molar-refractivity contribution is 5.78. The van der Waals surface area contributed by atoms with Crippen LogP contribution in [-0.2, 0) is 0 Å². The van der Waals surface area contributed by atoms with Gasteiger partial charge in [-0.2, -0.15) is 0 Å². The molecule has 0 aliphatic heterocycles. The van der Waals surface area contributed by atoms with E-state index in [0.717, 1.165) is 16.6 Å². The van der Waals surface area contributed by atoms with Crippen molar-refractivity contribution in [3.05, 3.63) is 65.7 Å². The van der Waals surface area contributed by atoms with E-state index in [4.69, 9.17) is 10.2 Å². The zero-order valence-corrected chi connectivity index (χ0v) is 12.0. The number of nitrogens with zero attached hydrogens (tertiary/aromatic N) is 1. The summed E-state index contributed by atoms with van der Waals surface area (Å²) < 4.78 is 18.9. The molecule has 1 heterocycles. The highest BCUT2D eigenvalue weighted by atomic mass is 19.1. The van der Waals surface area contributed by atoms with E-state index >= 15 is 0 Å². The molecule has 0 spiro atoms. The fourth-order valence-electron chi connectivity index (χ4n) is 2.33. The van der Waals surface area contributed by atoms with E-state index in [1.807, 2.05) is 43.3 Å². The van der Waals surface area contributed by atoms with Gasteiger partial charge >= 0.3 is 0 Å². The molecule has 3 aromatic rings. The van der Waals surface area contributed by atoms with Crippen molar-refractivity contribution in [2.24, 2.45) is 5.73 Å². The largest absolute Gasteiger partial charge is 0.459 e. The predicted molar refractivity (Wildman–Crippen MR) is 83.0 cm³/mol. The maximum Gasteiger partial charge on any atom is 0.134 e. The van der Waals surface area contributed by atoms with Crippen LogP contribution >= 0.6 is 0 Å². The van der Waals surface area contributed by atoms with Crippen LogP contribution in [0.3, 0.4) is 0 Å². The SMILES string of the molecule is CN(C)c1ccc(C(N)c2cc3cc(F)ccc3o2)cc1. The van der Waals surface area contributed by atoms with Gasteiger partial charge in [0.15, 0.2) is 0 Å². The number of benzene rings is 2. The summed E-state index contributed by atoms with van der Waals surface area (Å²) >= 11 is 0. The lowest BCUT2D eigenvalue weighted by Crippen LogP contribution is -2.12. The van der Waals surface area contributed by atoms with Gasteiger partial charge in [-0.15, -0.1) is 0 Å². The molecule has 108 valence electrons. The maximum atomic E-state index is 13.2. The van der Waals surface area contributed by atoms with E-state index in [9.17, 15) is 4.39 Å². The lowest BCUT2D eigenvalue weighted by molar-refractivity contribution is 0.524. The summed E-state index contributed by atoms with van der Waals surface area (Å²) in [6.07, 6.45) is 0. The molecule has 1 aromatic heterocycles. The van der Waals surface area contributed by atoms with Crippen molar-refractivity contribution in [1.82, 2.24) is 0 Å². The summed E-state index contributed by atoms with van der Waals surface area (Å²) in [7, 11) is 3.98. The minimum atomic E-state index is -0.364. The summed E-state index contributed by atoms with van der Waals surface area (Å²) in [6, 6.07) is 13.9. The van der Waals surface area contributed by atoms with Crippen molar-refractivity contribution >= 4 is 16.7 Å². The third-order valence-electron chi connectivity index (χ3n) is 3.57. The number of hydrogen-bond donors (Lipinski definition) is 1. The number of anilines is 1. The lowest BCUT2D eigenvalue weighted by Gasteiger charge is -2.14. The molecule has 3 nitrogen and oxygen atoms in total. The fourth-order valence-corrected chi connectivity index (χ4v) is 2.33. The molecule has 21 heavy (non-hydrogen) atoms. The summed E-state index contributed by atoms with van der Waals surface area (Å²) in [5, 5.41) is 0.727. The first-order chi connectivity index (χ1) is 10.0. The average molecular weight is 284 g/mol. The van der Waals surface area contributed by atoms with Gasteiger partial charge in [0.2, 0.25) is 0 Å². The fraction of sp³-hybridized carbons (Fsp3) is 0.176. The number of nitrogens with two attached hydrogens (primary N) is 1. The number of furan rings is 1. The lowest BCUT2D eigenvalue weighted by atomic mass is 10.0. The zero-order chi connectivity index (χ0) is 15.0. The molecule has 0 saturated carbocycles. The van der Waals surface area contributed by atoms with Crippen LogP contribution in [-0.4, -0.2) is 14.1 Å². The van der Waals surface area contributed by atoms with E-state index in [1.54, 1.807) is 12.1 Å². The van der Waals surface area contributed by atoms with Gasteiger partial charge in [-0.3, -0.25) is 0 Å². The molecule has 0 bridgehead atoms. The van der Waals surface area contributed by atoms with Gasteiger partial charge in [0.25, 0.3) is 0 Å². The smallest absolute Gasteiger partial charge is 0.134 e. The van der Waals surface area contributed by atoms with Crippen molar-refractivity contribution in [3.8, 4) is 0 Å². The molecule has 1 atom stereocenters. The number of hydrogen-bond acceptors (Lipinski definition) is 3. The second-order valence-corrected chi connectivity index (χ2v) is 5.29. The Bertz CT molecular complexity index is 762. The van der Waals surface area contributed by atoms with Crippen molar-refractivity contribution in [2.75, 3.05) is 19.0 Å². The Morgan fingerprint density at radius 2 is 1.76 bits per heavy atom. The van der Waals surface area contributed by atoms with Gasteiger partial charge in [0.1, 0.15) is 17.2 Å². The third-order valence-corrected chi connectivity index (χ3v) is 3.57. The van der Waals surface area contributed by atoms with Crippen LogP contribution in [0.2, 0.25) is 0 Å². The Kier molecular flexibility index (Phi) is 3.39. The molecule has 3 rings (SSSR count). The Morgan fingerprint density at radius 3 is 2.43 bits per heavy atom. The number of rotatable bonds is 3. The summed E-state index contributed by atoms with van der Waals surface area (Å²) in [5.74, 6) is 0.354. The molecule has 1 unspecified atom stereocenters. The van der Waals surface area contributed by atoms with E-state index in [-0.39, 0.29) is 11.9 Å². The first kappa shape index (κ1) is 13.6. The van der Waals surface area contributed by atoms with Crippen LogP contribution < -0.4 is 10.6 Å². The molecule has 0 radical (unpaired) electrons. The maximum absolute atomic E-state index is 13.2. The summed E-state index contributed by atoms with van der Waals surface area (Å²) in [6.45, 7) is 0. The van der Waals surface area contributed by atoms with Gasteiger partial charge in [-0.25, -0.2) is 4.39 Å². The first-order valence-corrected chi connectivity index (χ1v) is 6.76. The van der Waals surface area contributed by atoms with Gasteiger partial charge in [-0.05, 0) is 42.0 Å². The molecule has 4 heteroatoms. The average Bonchev–Trinajstić information content (AvgIpc) is 2.89. The van der Waals surface area contributed by atoms with Crippen molar-refractivity contribution in [1.29, 1.82) is 0 Å². The van der Waals surface area contributed by atoms with E-state index in [2.05, 4.69) is 0 Å². The van der Waals surface area contributed by atoms with Crippen molar-refractivity contribution in [2.45, 2.75) is 6.04 Å². The highest BCUT2D eigenvalue weighted by Gasteiger charge is 2.14. The monoisotopic (exact) mass is 284 g/mol. The summed E-state index contributed by atoms with van der Waals surface area (Å²) in [5.41, 5.74) is 8.96. The Labute approximate surface area is 122 Å². The Morgan fingerprint density at radius 1 is 1.05 bits per heavy atom. The second kappa shape index (κ2) is 5.22. The normalized spacial score (nSPS) is 12.6. The van der Waals surface area contributed by atoms with Crippen molar-refractivity contribution < 1.29 is 8.81 Å². The van der Waals surface area contributed by atoms with Crippen LogP contribution in [0, 0.1) is 5.82 Å². The second-order valence-electron chi connectivity index (χ2n) is 5.29. The standard InChI is InChI=1S/C17H17FN2O/c1-20(2)14-6-3-11(4-7-14)17(19)16-10-12-9-13(18)5-8-15(12)21-16/h3-10,17H,19H2,1-2H3. The quantitative estimate of drug-likeness (QED) is 0.797. The number of fused-ring (bicyclic) bond motifs is 1. The molecular formula is C17H17FN2O. The first-order valence-electron chi connectivity index (χ1n) is 6.76. The molecule has 2 N–H and O–H groups in total. The van der Waals surface area contributed by atoms with Crippen LogP contribution in [0.4, 0.5) is 10.1 Å². The number of halogens is 1. The Hall–Kier alpha value is -2.33. The van der Waals surface area contributed by atoms with E-state index in [1.165, 1.54) is 12.1 Å². The molecule has 0 saturated heterocycles. The van der Waals surface area contributed by atoms with E-state index < -0.39 is 0 Å². The molecule has 0 fully saturated rings. The molecule has 0 aliphatic carbocycles. The minimum absolute atomic E-state index is 0.279. The predicted octanol–water partition coefficient (Wildman–Crippen LogP) is 3.69. The van der Waals surface area contributed by atoms with Gasteiger partial charge in [-0.1, -0.05) is 12.1 Å². The molecule has 2 aromatic carbocycles. The van der Waals surface area contributed by atoms with Crippen molar-refractivity contribution in [3.63, 3.8) is 0 Å². The highest BCUT2D eigenvalue weighted by Crippen LogP contribution is 2.28. The summed E-state index contributed by atoms with van der Waals surface area (Å²) in [4.78, 5) is 2.03. The van der Waals surface area contributed by atoms with Gasteiger partial charge < -0.3 is 15.1 Å². The Balaban J connectivity index is 1.93. The third kappa shape index (κ3) is 2.62. The van der Waals surface area contributed by atoms with Gasteiger partial charge in [0, 0.05) is 25.2 Å². The zero-order valence-electron chi connectivity index (χ0n) is 12.0. The van der Waals surface area contributed by atoms with Crippen LogP contribution in [0.15, 0.2) is 52.9 Å². The molecular weight excluding hydrogens is 267 g/mol. The van der Waals surface area contributed by atoms with Crippen LogP contribution in [0.25, 0.3) is 11.0 Å². The van der Waals surface area contributed by atoms with Crippen LogP contribution in [0.1, 0.15) is 17.4 Å². The van der Waals surface area contributed by atoms with Gasteiger partial charge in [0.05, 0.1) is 6.04 Å². The minimum Gasteiger partial charge on any atom is -0.459 e.